The number of carboxylic acid groups (broad SMARTS) is 1. The Kier molecular flexibility index (Phi) is 12.3. The number of thioether (sulfide) groups is 1. The topological polar surface area (TPSA) is 194 Å². The van der Waals surface area contributed by atoms with Crippen molar-refractivity contribution < 1.29 is 29.1 Å². The van der Waals surface area contributed by atoms with Crippen molar-refractivity contribution in [2.45, 2.75) is 43.9 Å². The van der Waals surface area contributed by atoms with Gasteiger partial charge in [0.15, 0.2) is 0 Å². The molecule has 4 unspecified atom stereocenters. The van der Waals surface area contributed by atoms with Crippen molar-refractivity contribution >= 4 is 54.0 Å². The van der Waals surface area contributed by atoms with E-state index in [-0.39, 0.29) is 5.75 Å². The van der Waals surface area contributed by atoms with E-state index in [1.54, 1.807) is 0 Å². The molecule has 0 aliphatic rings. The largest absolute Gasteiger partial charge is 0.480 e. The number of thiol groups is 1. The maximum Gasteiger partial charge on any atom is 0.325 e. The van der Waals surface area contributed by atoms with Crippen LogP contribution in [-0.2, 0) is 24.0 Å². The number of nitrogens with one attached hydrogen (secondary N) is 3. The normalized spacial score (nSPS) is 14.9. The van der Waals surface area contributed by atoms with Gasteiger partial charge in [-0.2, -0.15) is 24.4 Å². The predicted octanol–water partition coefficient (Wildman–Crippen LogP) is -2.57. The molecular weight excluding hydrogens is 410 g/mol. The van der Waals surface area contributed by atoms with E-state index in [2.05, 4.69) is 28.6 Å². The Labute approximate surface area is 172 Å². The number of carbonyl (C=O) groups excluding carboxylic acids is 4. The van der Waals surface area contributed by atoms with Gasteiger partial charge in [0.1, 0.15) is 18.1 Å². The van der Waals surface area contributed by atoms with Crippen LogP contribution in [0.1, 0.15) is 19.8 Å². The lowest BCUT2D eigenvalue weighted by Crippen LogP contribution is -2.58. The summed E-state index contributed by atoms with van der Waals surface area (Å²) in [5, 5.41) is 15.7. The SMILES string of the molecule is CSCCC(N)C(=O)NC(CC(N)=O)C(=O)NC(CS)C(=O)NC(C)C(=O)O. The molecule has 0 aromatic rings. The van der Waals surface area contributed by atoms with Crippen molar-refractivity contribution in [1.82, 2.24) is 16.0 Å². The molecule has 0 bridgehead atoms. The van der Waals surface area contributed by atoms with Crippen LogP contribution in [0.25, 0.3) is 0 Å². The second-order valence-electron chi connectivity index (χ2n) is 5.93. The van der Waals surface area contributed by atoms with E-state index in [0.29, 0.717) is 12.2 Å². The molecular formula is C15H27N5O6S2. The highest BCUT2D eigenvalue weighted by Gasteiger charge is 2.29. The number of carboxylic acids is 1. The van der Waals surface area contributed by atoms with Gasteiger partial charge in [0, 0.05) is 5.75 Å². The standard InChI is InChI=1S/C15H27N5O6S2/c1-7(15(25)26)18-14(24)10(6-27)20-13(23)9(5-11(17)21)19-12(22)8(16)3-4-28-2/h7-10,27H,3-6,16H2,1-2H3,(H2,17,21)(H,18,24)(H,19,22)(H,20,23)(H,25,26). The Bertz CT molecular complexity index is 591. The number of primary amides is 1. The van der Waals surface area contributed by atoms with Crippen LogP contribution in [-0.4, -0.2) is 76.6 Å². The number of amides is 4. The number of rotatable bonds is 13. The Hall–Kier alpha value is -1.99. The van der Waals surface area contributed by atoms with Crippen LogP contribution in [0.5, 0.6) is 0 Å². The minimum atomic E-state index is -1.34. The molecule has 4 atom stereocenters. The molecule has 0 aliphatic carbocycles. The summed E-state index contributed by atoms with van der Waals surface area (Å²) in [5.74, 6) is -3.87. The summed E-state index contributed by atoms with van der Waals surface area (Å²) >= 11 is 5.46. The van der Waals surface area contributed by atoms with E-state index in [9.17, 15) is 24.0 Å². The first-order chi connectivity index (χ1) is 13.0. The highest BCUT2D eigenvalue weighted by Crippen LogP contribution is 2.01. The Morgan fingerprint density at radius 1 is 1.04 bits per heavy atom. The third-order valence-electron chi connectivity index (χ3n) is 3.55. The summed E-state index contributed by atoms with van der Waals surface area (Å²) in [4.78, 5) is 58.7. The second-order valence-corrected chi connectivity index (χ2v) is 7.28. The number of aliphatic carboxylic acids is 1. The highest BCUT2D eigenvalue weighted by molar-refractivity contribution is 7.98. The van der Waals surface area contributed by atoms with Crippen LogP contribution >= 0.6 is 24.4 Å². The van der Waals surface area contributed by atoms with Gasteiger partial charge in [-0.25, -0.2) is 0 Å². The smallest absolute Gasteiger partial charge is 0.325 e. The van der Waals surface area contributed by atoms with Crippen molar-refractivity contribution in [3.8, 4) is 0 Å². The molecule has 0 saturated carbocycles. The molecule has 0 aromatic heterocycles. The van der Waals surface area contributed by atoms with Crippen LogP contribution in [0.15, 0.2) is 0 Å². The van der Waals surface area contributed by atoms with Crippen LogP contribution < -0.4 is 27.4 Å². The molecule has 13 heteroatoms. The van der Waals surface area contributed by atoms with Crippen LogP contribution in [0, 0.1) is 0 Å². The van der Waals surface area contributed by atoms with Gasteiger partial charge in [0.2, 0.25) is 23.6 Å². The molecule has 4 amide bonds. The first-order valence-corrected chi connectivity index (χ1v) is 10.3. The van der Waals surface area contributed by atoms with E-state index in [1.807, 2.05) is 6.26 Å². The first-order valence-electron chi connectivity index (χ1n) is 8.31. The average molecular weight is 438 g/mol. The van der Waals surface area contributed by atoms with Gasteiger partial charge in [0.05, 0.1) is 12.5 Å². The second kappa shape index (κ2) is 13.2. The number of nitrogens with two attached hydrogens (primary N) is 2. The Morgan fingerprint density at radius 2 is 1.57 bits per heavy atom. The third kappa shape index (κ3) is 9.80. The van der Waals surface area contributed by atoms with E-state index >= 15 is 0 Å². The molecule has 160 valence electrons. The molecule has 11 nitrogen and oxygen atoms in total. The monoisotopic (exact) mass is 437 g/mol. The zero-order valence-electron chi connectivity index (χ0n) is 15.6. The van der Waals surface area contributed by atoms with Gasteiger partial charge < -0.3 is 32.5 Å². The lowest BCUT2D eigenvalue weighted by molar-refractivity contribution is -0.141. The summed E-state index contributed by atoms with van der Waals surface area (Å²) in [6.45, 7) is 1.25. The van der Waals surface area contributed by atoms with Crippen LogP contribution in [0.4, 0.5) is 0 Å². The highest BCUT2D eigenvalue weighted by atomic mass is 32.2. The van der Waals surface area contributed by atoms with Gasteiger partial charge in [-0.3, -0.25) is 24.0 Å². The summed E-state index contributed by atoms with van der Waals surface area (Å²) in [7, 11) is 0. The third-order valence-corrected chi connectivity index (χ3v) is 4.56. The van der Waals surface area contributed by atoms with E-state index in [4.69, 9.17) is 16.6 Å². The summed E-state index contributed by atoms with van der Waals surface area (Å²) in [6, 6.07) is -4.58. The van der Waals surface area contributed by atoms with Gasteiger partial charge >= 0.3 is 5.97 Å². The average Bonchev–Trinajstić information content (AvgIpc) is 2.62. The first kappa shape index (κ1) is 26.0. The van der Waals surface area contributed by atoms with Crippen LogP contribution in [0.3, 0.4) is 0 Å². The van der Waals surface area contributed by atoms with Crippen molar-refractivity contribution in [2.24, 2.45) is 11.5 Å². The van der Waals surface area contributed by atoms with Gasteiger partial charge in [-0.1, -0.05) is 0 Å². The lowest BCUT2D eigenvalue weighted by Gasteiger charge is -2.23. The van der Waals surface area contributed by atoms with Crippen molar-refractivity contribution in [1.29, 1.82) is 0 Å². The number of hydrogen-bond acceptors (Lipinski definition) is 8. The molecule has 0 saturated heterocycles. The lowest BCUT2D eigenvalue weighted by atomic mass is 10.1. The summed E-state index contributed by atoms with van der Waals surface area (Å²) in [6.07, 6.45) is 1.72. The fourth-order valence-electron chi connectivity index (χ4n) is 1.91. The van der Waals surface area contributed by atoms with Gasteiger partial charge in [0.25, 0.3) is 0 Å². The fraction of sp³-hybridized carbons (Fsp3) is 0.667. The van der Waals surface area contributed by atoms with Gasteiger partial charge in [-0.15, -0.1) is 0 Å². The minimum absolute atomic E-state index is 0.144. The predicted molar refractivity (Wildman–Crippen MR) is 108 cm³/mol. The summed E-state index contributed by atoms with van der Waals surface area (Å²) < 4.78 is 0. The van der Waals surface area contributed by atoms with E-state index in [0.717, 1.165) is 0 Å². The Balaban J connectivity index is 5.07. The Morgan fingerprint density at radius 3 is 2.04 bits per heavy atom. The van der Waals surface area contributed by atoms with Crippen molar-refractivity contribution in [3.63, 3.8) is 0 Å². The molecule has 8 N–H and O–H groups in total. The molecule has 0 heterocycles. The van der Waals surface area contributed by atoms with Crippen molar-refractivity contribution in [3.05, 3.63) is 0 Å². The summed E-state index contributed by atoms with van der Waals surface area (Å²) in [5.41, 5.74) is 10.9. The van der Waals surface area contributed by atoms with Gasteiger partial charge in [-0.05, 0) is 25.4 Å². The molecule has 28 heavy (non-hydrogen) atoms. The maximum atomic E-state index is 12.4. The molecule has 0 aromatic carbocycles. The maximum absolute atomic E-state index is 12.4. The molecule has 0 aliphatic heterocycles. The molecule has 0 radical (unpaired) electrons. The minimum Gasteiger partial charge on any atom is -0.480 e. The number of carbonyl (C=O) groups is 5. The van der Waals surface area contributed by atoms with E-state index in [1.165, 1.54) is 18.7 Å². The number of hydrogen-bond donors (Lipinski definition) is 7. The zero-order chi connectivity index (χ0) is 21.9. The quantitative estimate of drug-likeness (QED) is 0.153. The molecule has 0 spiro atoms. The fourth-order valence-corrected chi connectivity index (χ4v) is 2.65. The zero-order valence-corrected chi connectivity index (χ0v) is 17.3. The molecule has 0 fully saturated rings. The van der Waals surface area contributed by atoms with E-state index < -0.39 is 60.2 Å². The van der Waals surface area contributed by atoms with Crippen LogP contribution in [0.2, 0.25) is 0 Å². The molecule has 0 rings (SSSR count). The van der Waals surface area contributed by atoms with Crippen molar-refractivity contribution in [2.75, 3.05) is 17.8 Å².